The number of para-hydroxylation sites is 2. The van der Waals surface area contributed by atoms with Crippen molar-refractivity contribution in [2.24, 2.45) is 5.84 Å². The Morgan fingerprint density at radius 2 is 2.00 bits per heavy atom. The minimum atomic E-state index is -0.546. The van der Waals surface area contributed by atoms with Gasteiger partial charge in [-0.3, -0.25) is 5.84 Å². The van der Waals surface area contributed by atoms with Gasteiger partial charge in [-0.1, -0.05) is 29.8 Å². The zero-order chi connectivity index (χ0) is 14.8. The Kier molecular flexibility index (Phi) is 3.96. The summed E-state index contributed by atoms with van der Waals surface area (Å²) in [4.78, 5) is 0. The number of fused-ring (bicyclic) bond motifs is 1. The number of hydrogen-bond donors (Lipinski definition) is 2. The summed E-state index contributed by atoms with van der Waals surface area (Å²) in [5.74, 6) is 6.42. The van der Waals surface area contributed by atoms with E-state index in [1.54, 1.807) is 18.2 Å². The summed E-state index contributed by atoms with van der Waals surface area (Å²) in [6, 6.07) is 11.2. The Hall–Kier alpha value is -1.82. The quantitative estimate of drug-likeness (QED) is 0.676. The Balaban J connectivity index is 1.88. The topological polar surface area (TPSA) is 56.5 Å². The number of halogens is 2. The molecule has 3 rings (SSSR count). The van der Waals surface area contributed by atoms with Crippen molar-refractivity contribution < 1.29 is 13.9 Å². The molecular formula is C15H14ClFN2O2. The third-order valence-corrected chi connectivity index (χ3v) is 3.61. The highest BCUT2D eigenvalue weighted by Crippen LogP contribution is 2.34. The lowest BCUT2D eigenvalue weighted by molar-refractivity contribution is 0.0607. The van der Waals surface area contributed by atoms with Crippen LogP contribution in [-0.4, -0.2) is 12.7 Å². The predicted octanol–water partition coefficient (Wildman–Crippen LogP) is 2.82. The van der Waals surface area contributed by atoms with Gasteiger partial charge in [-0.2, -0.15) is 0 Å². The minimum absolute atomic E-state index is 0.272. The average Bonchev–Trinajstić information content (AvgIpc) is 2.50. The van der Waals surface area contributed by atoms with Gasteiger partial charge >= 0.3 is 0 Å². The molecule has 3 N–H and O–H groups in total. The van der Waals surface area contributed by atoms with Crippen molar-refractivity contribution in [2.75, 3.05) is 6.61 Å². The molecule has 0 spiro atoms. The van der Waals surface area contributed by atoms with Crippen LogP contribution in [0.4, 0.5) is 4.39 Å². The van der Waals surface area contributed by atoms with Gasteiger partial charge in [0.15, 0.2) is 17.6 Å². The van der Waals surface area contributed by atoms with Gasteiger partial charge in [0.2, 0.25) is 0 Å². The van der Waals surface area contributed by atoms with E-state index in [9.17, 15) is 4.39 Å². The van der Waals surface area contributed by atoms with Crippen LogP contribution in [0.5, 0.6) is 11.5 Å². The normalized spacial score (nSPS) is 18.3. The van der Waals surface area contributed by atoms with E-state index in [-0.39, 0.29) is 6.61 Å². The monoisotopic (exact) mass is 308 g/mol. The zero-order valence-electron chi connectivity index (χ0n) is 11.1. The number of ether oxygens (including phenoxy) is 2. The molecule has 0 bridgehead atoms. The first kappa shape index (κ1) is 14.1. The summed E-state index contributed by atoms with van der Waals surface area (Å²) in [6.07, 6.45) is -0.444. The van der Waals surface area contributed by atoms with Gasteiger partial charge in [0.05, 0.1) is 6.04 Å². The zero-order valence-corrected chi connectivity index (χ0v) is 11.8. The standard InChI is InChI=1S/C15H14ClFN2O2/c16-9-5-6-10(11(17)7-9)15(19-18)14-8-20-12-3-1-2-4-13(12)21-14/h1-7,14-15,19H,8,18H2. The molecule has 2 atom stereocenters. The molecule has 1 heterocycles. The van der Waals surface area contributed by atoms with Crippen LogP contribution in [0.25, 0.3) is 0 Å². The second kappa shape index (κ2) is 5.89. The molecule has 110 valence electrons. The van der Waals surface area contributed by atoms with Crippen LogP contribution in [0.1, 0.15) is 11.6 Å². The average molecular weight is 309 g/mol. The summed E-state index contributed by atoms with van der Waals surface area (Å²) >= 11 is 5.77. The highest BCUT2D eigenvalue weighted by atomic mass is 35.5. The van der Waals surface area contributed by atoms with Crippen molar-refractivity contribution in [1.29, 1.82) is 0 Å². The maximum atomic E-state index is 14.1. The highest BCUT2D eigenvalue weighted by Gasteiger charge is 2.31. The van der Waals surface area contributed by atoms with Crippen LogP contribution >= 0.6 is 11.6 Å². The molecule has 0 aromatic heterocycles. The van der Waals surface area contributed by atoms with Crippen molar-refractivity contribution in [2.45, 2.75) is 12.1 Å². The number of nitrogens with one attached hydrogen (secondary N) is 1. The van der Waals surface area contributed by atoms with Crippen LogP contribution in [-0.2, 0) is 0 Å². The SMILES string of the molecule is NNC(c1ccc(Cl)cc1F)C1COc2ccccc2O1. The number of rotatable bonds is 3. The van der Waals surface area contributed by atoms with Crippen molar-refractivity contribution in [3.8, 4) is 11.5 Å². The summed E-state index contributed by atoms with van der Waals surface area (Å²) in [6.45, 7) is 0.272. The van der Waals surface area contributed by atoms with Gasteiger partial charge in [0.1, 0.15) is 12.4 Å². The first-order valence-corrected chi connectivity index (χ1v) is 6.86. The maximum Gasteiger partial charge on any atom is 0.161 e. The van der Waals surface area contributed by atoms with Gasteiger partial charge in [-0.15, -0.1) is 0 Å². The number of hydrogen-bond acceptors (Lipinski definition) is 4. The first-order chi connectivity index (χ1) is 10.2. The predicted molar refractivity (Wildman–Crippen MR) is 77.8 cm³/mol. The summed E-state index contributed by atoms with van der Waals surface area (Å²) < 4.78 is 25.6. The molecule has 0 saturated heterocycles. The molecule has 0 fully saturated rings. The van der Waals surface area contributed by atoms with Crippen LogP contribution in [0.2, 0.25) is 5.02 Å². The molecule has 4 nitrogen and oxygen atoms in total. The molecule has 2 aromatic carbocycles. The molecule has 1 aliphatic rings. The lowest BCUT2D eigenvalue weighted by Crippen LogP contribution is -2.44. The maximum absolute atomic E-state index is 14.1. The van der Waals surface area contributed by atoms with Crippen molar-refractivity contribution in [3.63, 3.8) is 0 Å². The van der Waals surface area contributed by atoms with Gasteiger partial charge in [-0.25, -0.2) is 9.82 Å². The van der Waals surface area contributed by atoms with Crippen LogP contribution < -0.4 is 20.7 Å². The second-order valence-corrected chi connectivity index (χ2v) is 5.16. The number of hydrazine groups is 1. The molecule has 0 amide bonds. The molecule has 6 heteroatoms. The van der Waals surface area contributed by atoms with Crippen molar-refractivity contribution >= 4 is 11.6 Å². The second-order valence-electron chi connectivity index (χ2n) is 4.72. The fourth-order valence-corrected chi connectivity index (χ4v) is 2.51. The van der Waals surface area contributed by atoms with E-state index in [0.29, 0.717) is 22.1 Å². The highest BCUT2D eigenvalue weighted by molar-refractivity contribution is 6.30. The van der Waals surface area contributed by atoms with E-state index in [4.69, 9.17) is 26.9 Å². The third-order valence-electron chi connectivity index (χ3n) is 3.38. The van der Waals surface area contributed by atoms with Gasteiger partial charge in [-0.05, 0) is 24.3 Å². The Morgan fingerprint density at radius 1 is 1.24 bits per heavy atom. The number of benzene rings is 2. The molecule has 0 aliphatic carbocycles. The smallest absolute Gasteiger partial charge is 0.161 e. The first-order valence-electron chi connectivity index (χ1n) is 6.48. The molecule has 0 radical (unpaired) electrons. The van der Waals surface area contributed by atoms with Crippen molar-refractivity contribution in [1.82, 2.24) is 5.43 Å². The van der Waals surface area contributed by atoms with E-state index < -0.39 is 18.0 Å². The summed E-state index contributed by atoms with van der Waals surface area (Å²) in [5, 5.41) is 0.332. The molecule has 2 unspecified atom stereocenters. The largest absolute Gasteiger partial charge is 0.486 e. The lowest BCUT2D eigenvalue weighted by atomic mass is 10.0. The third kappa shape index (κ3) is 2.81. The van der Waals surface area contributed by atoms with Gasteiger partial charge in [0, 0.05) is 10.6 Å². The molecule has 1 aliphatic heterocycles. The van der Waals surface area contributed by atoms with Gasteiger partial charge in [0.25, 0.3) is 0 Å². The van der Waals surface area contributed by atoms with Crippen LogP contribution in [0, 0.1) is 5.82 Å². The van der Waals surface area contributed by atoms with E-state index >= 15 is 0 Å². The fraction of sp³-hybridized carbons (Fsp3) is 0.200. The van der Waals surface area contributed by atoms with E-state index in [2.05, 4.69) is 5.43 Å². The molecular weight excluding hydrogens is 295 g/mol. The molecule has 0 saturated carbocycles. The Morgan fingerprint density at radius 3 is 2.71 bits per heavy atom. The van der Waals surface area contributed by atoms with Crippen LogP contribution in [0.15, 0.2) is 42.5 Å². The molecule has 2 aromatic rings. The summed E-state index contributed by atoms with van der Waals surface area (Å²) in [5.41, 5.74) is 2.98. The Bertz CT molecular complexity index is 653. The van der Waals surface area contributed by atoms with Crippen LogP contribution in [0.3, 0.4) is 0 Å². The van der Waals surface area contributed by atoms with Gasteiger partial charge < -0.3 is 9.47 Å². The Labute approximate surface area is 126 Å². The number of nitrogens with two attached hydrogens (primary N) is 1. The minimum Gasteiger partial charge on any atom is -0.486 e. The van der Waals surface area contributed by atoms with E-state index in [1.165, 1.54) is 6.07 Å². The fourth-order valence-electron chi connectivity index (χ4n) is 2.35. The lowest BCUT2D eigenvalue weighted by Gasteiger charge is -2.32. The summed E-state index contributed by atoms with van der Waals surface area (Å²) in [7, 11) is 0. The van der Waals surface area contributed by atoms with Crippen molar-refractivity contribution in [3.05, 3.63) is 58.9 Å². The van der Waals surface area contributed by atoms with E-state index in [0.717, 1.165) is 0 Å². The molecule has 21 heavy (non-hydrogen) atoms. The van der Waals surface area contributed by atoms with E-state index in [1.807, 2.05) is 18.2 Å².